The zero-order valence-corrected chi connectivity index (χ0v) is 15.1. The van der Waals surface area contributed by atoms with E-state index in [1.165, 1.54) is 4.90 Å². The Bertz CT molecular complexity index is 818. The summed E-state index contributed by atoms with van der Waals surface area (Å²) in [5.74, 6) is -0.213. The van der Waals surface area contributed by atoms with E-state index in [0.717, 1.165) is 5.56 Å². The molecule has 0 aliphatic heterocycles. The van der Waals surface area contributed by atoms with E-state index < -0.39 is 10.0 Å². The van der Waals surface area contributed by atoms with Crippen LogP contribution in [-0.4, -0.2) is 33.3 Å². The number of benzene rings is 2. The fraction of sp³-hybridized carbons (Fsp3) is 0.235. The number of hydrogen-bond acceptors (Lipinski definition) is 3. The highest BCUT2D eigenvalue weighted by atomic mass is 35.5. The number of carbonyl (C=O) groups excluding carboxylic acids is 1. The Hall–Kier alpha value is -2.05. The first-order chi connectivity index (χ1) is 11.3. The van der Waals surface area contributed by atoms with Gasteiger partial charge in [-0.25, -0.2) is 8.42 Å². The minimum Gasteiger partial charge on any atom is -0.349 e. The van der Waals surface area contributed by atoms with Crippen molar-refractivity contribution in [2.24, 2.45) is 0 Å². The third-order valence-corrected chi connectivity index (χ3v) is 4.99. The molecule has 0 bridgehead atoms. The van der Waals surface area contributed by atoms with E-state index in [-0.39, 0.29) is 18.1 Å². The molecule has 0 saturated carbocycles. The summed E-state index contributed by atoms with van der Waals surface area (Å²) in [5.41, 5.74) is 1.81. The normalized spacial score (nSPS) is 11.1. The van der Waals surface area contributed by atoms with Crippen LogP contribution in [-0.2, 0) is 27.0 Å². The number of halogens is 1. The maximum absolute atomic E-state index is 12.2. The molecule has 0 spiro atoms. The number of likely N-dealkylation sites (N-methyl/N-ethyl adjacent to an activating group) is 1. The van der Waals surface area contributed by atoms with Crippen LogP contribution in [0.1, 0.15) is 11.1 Å². The van der Waals surface area contributed by atoms with E-state index >= 15 is 0 Å². The molecule has 0 heterocycles. The molecular weight excluding hydrogens is 348 g/mol. The Morgan fingerprint density at radius 2 is 1.71 bits per heavy atom. The molecule has 0 aromatic heterocycles. The fourth-order valence-electron chi connectivity index (χ4n) is 2.06. The summed E-state index contributed by atoms with van der Waals surface area (Å²) in [6.07, 6.45) is 0.277. The van der Waals surface area contributed by atoms with E-state index in [1.807, 2.05) is 0 Å². The van der Waals surface area contributed by atoms with Gasteiger partial charge >= 0.3 is 0 Å². The van der Waals surface area contributed by atoms with Crippen LogP contribution in [0.3, 0.4) is 0 Å². The molecule has 7 heteroatoms. The Kier molecular flexibility index (Phi) is 5.85. The number of sulfonamides is 1. The maximum atomic E-state index is 12.2. The minimum absolute atomic E-state index is 0.0120. The number of anilines is 1. The second-order valence-corrected chi connectivity index (χ2v) is 7.74. The monoisotopic (exact) mass is 366 g/mol. The summed E-state index contributed by atoms with van der Waals surface area (Å²) in [7, 11) is -0.181. The summed E-state index contributed by atoms with van der Waals surface area (Å²) in [4.78, 5) is 13.2. The van der Waals surface area contributed by atoms with E-state index in [0.29, 0.717) is 16.3 Å². The van der Waals surface area contributed by atoms with Crippen molar-refractivity contribution in [3.8, 4) is 0 Å². The van der Waals surface area contributed by atoms with Gasteiger partial charge in [0, 0.05) is 24.8 Å². The lowest BCUT2D eigenvalue weighted by Gasteiger charge is -2.11. The molecule has 0 aliphatic carbocycles. The molecular formula is C17H19ClN2O3S. The number of hydrogen-bond donors (Lipinski definition) is 1. The molecule has 5 nitrogen and oxygen atoms in total. The molecule has 2 aromatic rings. The lowest BCUT2D eigenvalue weighted by Crippen LogP contribution is -2.23. The molecule has 2 aromatic carbocycles. The molecule has 24 heavy (non-hydrogen) atoms. The maximum Gasteiger partial charge on any atom is 0.236 e. The van der Waals surface area contributed by atoms with Crippen molar-refractivity contribution in [3.05, 3.63) is 64.7 Å². The van der Waals surface area contributed by atoms with Crippen molar-refractivity contribution in [1.29, 1.82) is 0 Å². The van der Waals surface area contributed by atoms with Crippen LogP contribution in [0.5, 0.6) is 0 Å². The zero-order chi connectivity index (χ0) is 17.7. The van der Waals surface area contributed by atoms with E-state index in [9.17, 15) is 13.2 Å². The number of amides is 1. The highest BCUT2D eigenvalue weighted by Gasteiger charge is 2.14. The largest absolute Gasteiger partial charge is 0.349 e. The van der Waals surface area contributed by atoms with Crippen molar-refractivity contribution in [2.75, 3.05) is 18.8 Å². The molecule has 2 rings (SSSR count). The molecule has 128 valence electrons. The first-order valence-electron chi connectivity index (χ1n) is 7.30. The summed E-state index contributed by atoms with van der Waals surface area (Å²) < 4.78 is 27.0. The second kappa shape index (κ2) is 7.68. The molecule has 0 radical (unpaired) electrons. The van der Waals surface area contributed by atoms with Crippen LogP contribution in [0.25, 0.3) is 0 Å². The Morgan fingerprint density at radius 1 is 1.08 bits per heavy atom. The van der Waals surface area contributed by atoms with Crippen LogP contribution < -0.4 is 4.72 Å². The Balaban J connectivity index is 2.05. The predicted molar refractivity (Wildman–Crippen MR) is 96.5 cm³/mol. The van der Waals surface area contributed by atoms with Gasteiger partial charge in [0.2, 0.25) is 15.9 Å². The second-order valence-electron chi connectivity index (χ2n) is 5.61. The van der Waals surface area contributed by atoms with Crippen LogP contribution in [0.4, 0.5) is 5.69 Å². The third kappa shape index (κ3) is 5.25. The highest BCUT2D eigenvalue weighted by molar-refractivity contribution is 7.91. The van der Waals surface area contributed by atoms with Gasteiger partial charge < -0.3 is 4.90 Å². The van der Waals surface area contributed by atoms with E-state index in [4.69, 9.17) is 11.6 Å². The SMILES string of the molecule is CN(C)C(=O)Cc1ccc(NS(=O)(=O)Cc2ccccc2Cl)cc1. The highest BCUT2D eigenvalue weighted by Crippen LogP contribution is 2.19. The van der Waals surface area contributed by atoms with Gasteiger partial charge in [-0.05, 0) is 29.3 Å². The van der Waals surface area contributed by atoms with Gasteiger partial charge in [0.1, 0.15) is 0 Å². The van der Waals surface area contributed by atoms with Crippen molar-refractivity contribution in [3.63, 3.8) is 0 Å². The first-order valence-corrected chi connectivity index (χ1v) is 9.33. The first kappa shape index (κ1) is 18.3. The van der Waals surface area contributed by atoms with Crippen LogP contribution in [0.2, 0.25) is 5.02 Å². The minimum atomic E-state index is -3.57. The van der Waals surface area contributed by atoms with E-state index in [2.05, 4.69) is 4.72 Å². The topological polar surface area (TPSA) is 66.5 Å². The number of rotatable bonds is 6. The zero-order valence-electron chi connectivity index (χ0n) is 13.5. The van der Waals surface area contributed by atoms with Gasteiger partial charge in [-0.2, -0.15) is 0 Å². The summed E-state index contributed by atoms with van der Waals surface area (Å²) in [6, 6.07) is 13.6. The molecule has 0 unspecified atom stereocenters. The van der Waals surface area contributed by atoms with Gasteiger partial charge in [-0.1, -0.05) is 41.9 Å². The molecule has 1 amide bonds. The van der Waals surface area contributed by atoms with Crippen molar-refractivity contribution >= 4 is 33.2 Å². The third-order valence-electron chi connectivity index (χ3n) is 3.38. The van der Waals surface area contributed by atoms with Crippen LogP contribution in [0, 0.1) is 0 Å². The smallest absolute Gasteiger partial charge is 0.236 e. The lowest BCUT2D eigenvalue weighted by molar-refractivity contribution is -0.127. The fourth-order valence-corrected chi connectivity index (χ4v) is 3.57. The molecule has 1 N–H and O–H groups in total. The number of nitrogens with zero attached hydrogens (tertiary/aromatic N) is 1. The van der Waals surface area contributed by atoms with Gasteiger partial charge in [0.15, 0.2) is 0 Å². The summed E-state index contributed by atoms with van der Waals surface area (Å²) in [5, 5.41) is 0.417. The Labute approximate surface area is 147 Å². The van der Waals surface area contributed by atoms with E-state index in [1.54, 1.807) is 62.6 Å². The molecule has 0 atom stereocenters. The number of carbonyl (C=O) groups is 1. The van der Waals surface area contributed by atoms with Crippen molar-refractivity contribution in [2.45, 2.75) is 12.2 Å². The average molecular weight is 367 g/mol. The van der Waals surface area contributed by atoms with Crippen molar-refractivity contribution < 1.29 is 13.2 Å². The summed E-state index contributed by atoms with van der Waals surface area (Å²) >= 11 is 6.00. The number of nitrogens with one attached hydrogen (secondary N) is 1. The summed E-state index contributed by atoms with van der Waals surface area (Å²) in [6.45, 7) is 0. The van der Waals surface area contributed by atoms with Crippen LogP contribution in [0.15, 0.2) is 48.5 Å². The van der Waals surface area contributed by atoms with Crippen LogP contribution >= 0.6 is 11.6 Å². The molecule has 0 saturated heterocycles. The lowest BCUT2D eigenvalue weighted by atomic mass is 10.1. The average Bonchev–Trinajstić information content (AvgIpc) is 2.51. The molecule has 0 fully saturated rings. The Morgan fingerprint density at radius 3 is 2.29 bits per heavy atom. The van der Waals surface area contributed by atoms with Gasteiger partial charge in [-0.3, -0.25) is 9.52 Å². The molecule has 0 aliphatic rings. The quantitative estimate of drug-likeness (QED) is 0.854. The standard InChI is InChI=1S/C17H19ClN2O3S/c1-20(2)17(21)11-13-7-9-15(10-8-13)19-24(22,23)12-14-5-3-4-6-16(14)18/h3-10,19H,11-12H2,1-2H3. The predicted octanol–water partition coefficient (Wildman–Crippen LogP) is 2.91. The van der Waals surface area contributed by atoms with Crippen molar-refractivity contribution in [1.82, 2.24) is 4.90 Å². The van der Waals surface area contributed by atoms with Gasteiger partial charge in [0.25, 0.3) is 0 Å². The van der Waals surface area contributed by atoms with Gasteiger partial charge in [-0.15, -0.1) is 0 Å². The van der Waals surface area contributed by atoms with Gasteiger partial charge in [0.05, 0.1) is 12.2 Å².